The molecule has 122 valence electrons. The predicted molar refractivity (Wildman–Crippen MR) is 77.8 cm³/mol. The Labute approximate surface area is 135 Å². The van der Waals surface area contributed by atoms with Gasteiger partial charge in [-0.05, 0) is 24.3 Å². The third kappa shape index (κ3) is 3.72. The second-order valence-electron chi connectivity index (χ2n) is 4.56. The van der Waals surface area contributed by atoms with Gasteiger partial charge >= 0.3 is 8.25 Å². The summed E-state index contributed by atoms with van der Waals surface area (Å²) in [5, 5.41) is 19.7. The van der Waals surface area contributed by atoms with Crippen molar-refractivity contribution >= 4 is 34.0 Å². The number of aliphatic hydroxyl groups excluding tert-OH is 2. The maximum absolute atomic E-state index is 12.4. The molecule has 2 rings (SSSR count). The SMILES string of the molecule is O=[P+](O)OCC1OC(S(=O)(=O)c2ccc(Br)cc2)C(O)C1O. The largest absolute Gasteiger partial charge is 0.694 e. The molecule has 11 heteroatoms. The second kappa shape index (κ2) is 6.98. The van der Waals surface area contributed by atoms with Crippen molar-refractivity contribution in [1.29, 1.82) is 0 Å². The van der Waals surface area contributed by atoms with E-state index in [1.54, 1.807) is 0 Å². The van der Waals surface area contributed by atoms with Gasteiger partial charge in [0.1, 0.15) is 24.9 Å². The summed E-state index contributed by atoms with van der Waals surface area (Å²) >= 11 is 3.18. The van der Waals surface area contributed by atoms with E-state index in [0.29, 0.717) is 4.47 Å². The summed E-state index contributed by atoms with van der Waals surface area (Å²) < 4.78 is 45.5. The van der Waals surface area contributed by atoms with Gasteiger partial charge in [0.15, 0.2) is 5.44 Å². The first-order chi connectivity index (χ1) is 10.2. The third-order valence-electron chi connectivity index (χ3n) is 3.12. The Balaban J connectivity index is 2.21. The molecule has 0 aromatic heterocycles. The lowest BCUT2D eigenvalue weighted by molar-refractivity contribution is -0.00315. The number of rotatable bonds is 5. The fraction of sp³-hybridized carbons (Fsp3) is 0.455. The Hall–Kier alpha value is -0.450. The molecule has 1 saturated heterocycles. The number of benzene rings is 1. The summed E-state index contributed by atoms with van der Waals surface area (Å²) in [6, 6.07) is 5.69. The summed E-state index contributed by atoms with van der Waals surface area (Å²) in [6.07, 6.45) is -4.47. The molecule has 8 nitrogen and oxygen atoms in total. The number of ether oxygens (including phenoxy) is 1. The first kappa shape index (κ1) is 17.9. The lowest BCUT2D eigenvalue weighted by Gasteiger charge is -2.15. The van der Waals surface area contributed by atoms with E-state index >= 15 is 0 Å². The van der Waals surface area contributed by atoms with Gasteiger partial charge in [0, 0.05) is 9.04 Å². The number of aliphatic hydroxyl groups is 2. The van der Waals surface area contributed by atoms with Crippen LogP contribution in [0, 0.1) is 0 Å². The van der Waals surface area contributed by atoms with Gasteiger partial charge in [-0.2, -0.15) is 0 Å². The first-order valence-electron chi connectivity index (χ1n) is 6.03. The van der Waals surface area contributed by atoms with Crippen LogP contribution < -0.4 is 0 Å². The zero-order valence-electron chi connectivity index (χ0n) is 10.9. The molecule has 1 aliphatic heterocycles. The van der Waals surface area contributed by atoms with E-state index in [1.807, 2.05) is 0 Å². The minimum absolute atomic E-state index is 0.0817. The van der Waals surface area contributed by atoms with Gasteiger partial charge in [0.05, 0.1) is 4.90 Å². The van der Waals surface area contributed by atoms with Crippen molar-refractivity contribution in [3.63, 3.8) is 0 Å². The molecule has 1 aromatic rings. The highest BCUT2D eigenvalue weighted by Gasteiger charge is 2.50. The summed E-state index contributed by atoms with van der Waals surface area (Å²) in [7, 11) is -6.97. The molecule has 1 heterocycles. The quantitative estimate of drug-likeness (QED) is 0.586. The smallest absolute Gasteiger partial charge is 0.387 e. The van der Waals surface area contributed by atoms with Crippen molar-refractivity contribution in [1.82, 2.24) is 0 Å². The van der Waals surface area contributed by atoms with Gasteiger partial charge in [-0.25, -0.2) is 8.42 Å². The van der Waals surface area contributed by atoms with E-state index in [2.05, 4.69) is 20.5 Å². The van der Waals surface area contributed by atoms with Gasteiger partial charge in [0.25, 0.3) is 0 Å². The van der Waals surface area contributed by atoms with Gasteiger partial charge in [-0.3, -0.25) is 0 Å². The summed E-state index contributed by atoms with van der Waals surface area (Å²) in [6.45, 7) is -0.518. The summed E-state index contributed by atoms with van der Waals surface area (Å²) in [4.78, 5) is 8.48. The van der Waals surface area contributed by atoms with Crippen molar-refractivity contribution in [3.05, 3.63) is 28.7 Å². The summed E-state index contributed by atoms with van der Waals surface area (Å²) in [5.41, 5.74) is -1.69. The van der Waals surface area contributed by atoms with E-state index in [9.17, 15) is 23.2 Å². The van der Waals surface area contributed by atoms with Crippen molar-refractivity contribution in [2.24, 2.45) is 0 Å². The van der Waals surface area contributed by atoms with E-state index in [4.69, 9.17) is 9.63 Å². The van der Waals surface area contributed by atoms with Crippen LogP contribution >= 0.6 is 24.2 Å². The molecule has 0 amide bonds. The van der Waals surface area contributed by atoms with Crippen LogP contribution in [0.1, 0.15) is 0 Å². The molecular formula is C11H13BrO8PS+. The lowest BCUT2D eigenvalue weighted by Crippen LogP contribution is -2.37. The number of sulfone groups is 1. The molecular weight excluding hydrogens is 403 g/mol. The Kier molecular flexibility index (Phi) is 5.68. The third-order valence-corrected chi connectivity index (χ3v) is 5.95. The molecule has 3 N–H and O–H groups in total. The van der Waals surface area contributed by atoms with Gasteiger partial charge < -0.3 is 14.9 Å². The molecule has 1 aromatic carbocycles. The van der Waals surface area contributed by atoms with Gasteiger partial charge in [-0.1, -0.05) is 15.9 Å². The highest BCUT2D eigenvalue weighted by molar-refractivity contribution is 9.10. The van der Waals surface area contributed by atoms with E-state index in [0.717, 1.165) is 0 Å². The number of hydrogen-bond donors (Lipinski definition) is 3. The molecule has 0 spiro atoms. The average molecular weight is 416 g/mol. The maximum atomic E-state index is 12.4. The molecule has 0 radical (unpaired) electrons. The standard InChI is InChI=1S/C11H12BrO8PS/c12-6-1-3-7(4-2-6)22(17,18)11-10(14)9(13)8(20-11)5-19-21(15)16/h1-4,8-11,13-14H,5H2/p+1. The van der Waals surface area contributed by atoms with E-state index in [1.165, 1.54) is 24.3 Å². The molecule has 0 saturated carbocycles. The highest BCUT2D eigenvalue weighted by Crippen LogP contribution is 2.31. The Morgan fingerprint density at radius 3 is 2.36 bits per heavy atom. The van der Waals surface area contributed by atoms with Crippen molar-refractivity contribution in [2.45, 2.75) is 28.6 Å². The molecule has 1 fully saturated rings. The van der Waals surface area contributed by atoms with Crippen LogP contribution in [0.15, 0.2) is 33.6 Å². The minimum atomic E-state index is -4.05. The second-order valence-corrected chi connectivity index (χ2v) is 8.23. The first-order valence-corrected chi connectivity index (χ1v) is 9.50. The van der Waals surface area contributed by atoms with Gasteiger partial charge in [-0.15, -0.1) is 9.42 Å². The zero-order valence-corrected chi connectivity index (χ0v) is 14.2. The molecule has 1 aliphatic rings. The zero-order chi connectivity index (χ0) is 16.5. The molecule has 5 atom stereocenters. The molecule has 0 aliphatic carbocycles. The molecule has 22 heavy (non-hydrogen) atoms. The van der Waals surface area contributed by atoms with Crippen molar-refractivity contribution in [3.8, 4) is 0 Å². The fourth-order valence-corrected chi connectivity index (χ4v) is 4.14. The average Bonchev–Trinajstić information content (AvgIpc) is 2.74. The van der Waals surface area contributed by atoms with Crippen LogP contribution in [0.25, 0.3) is 0 Å². The van der Waals surface area contributed by atoms with E-state index in [-0.39, 0.29) is 4.90 Å². The predicted octanol–water partition coefficient (Wildman–Crippen LogP) is 0.336. The monoisotopic (exact) mass is 415 g/mol. The van der Waals surface area contributed by atoms with Crippen LogP contribution in [-0.4, -0.2) is 53.9 Å². The topological polar surface area (TPSA) is 130 Å². The minimum Gasteiger partial charge on any atom is -0.387 e. The van der Waals surface area contributed by atoms with Crippen LogP contribution in [-0.2, 0) is 23.7 Å². The number of hydrogen-bond acceptors (Lipinski definition) is 7. The fourth-order valence-electron chi connectivity index (χ4n) is 2.00. The molecule has 0 bridgehead atoms. The summed E-state index contributed by atoms with van der Waals surface area (Å²) in [5.74, 6) is 0. The highest BCUT2D eigenvalue weighted by atomic mass is 79.9. The Morgan fingerprint density at radius 1 is 1.23 bits per heavy atom. The normalized spacial score (nSPS) is 29.5. The lowest BCUT2D eigenvalue weighted by atomic mass is 10.2. The van der Waals surface area contributed by atoms with Crippen molar-refractivity contribution < 1.29 is 37.3 Å². The van der Waals surface area contributed by atoms with E-state index < -0.39 is 48.4 Å². The van der Waals surface area contributed by atoms with Crippen LogP contribution in [0.5, 0.6) is 0 Å². The van der Waals surface area contributed by atoms with Gasteiger partial charge in [0.2, 0.25) is 9.84 Å². The molecule has 5 unspecified atom stereocenters. The van der Waals surface area contributed by atoms with Crippen molar-refractivity contribution in [2.75, 3.05) is 6.61 Å². The maximum Gasteiger partial charge on any atom is 0.694 e. The van der Waals surface area contributed by atoms with Crippen LogP contribution in [0.2, 0.25) is 0 Å². The van der Waals surface area contributed by atoms with Crippen LogP contribution in [0.4, 0.5) is 0 Å². The Bertz CT molecular complexity index is 649. The Morgan fingerprint density at radius 2 is 1.82 bits per heavy atom. The number of halogens is 1. The van der Waals surface area contributed by atoms with Crippen LogP contribution in [0.3, 0.4) is 0 Å².